The summed E-state index contributed by atoms with van der Waals surface area (Å²) in [6.07, 6.45) is 1.84. The summed E-state index contributed by atoms with van der Waals surface area (Å²) in [5.41, 5.74) is 0.749. The van der Waals surface area contributed by atoms with Crippen LogP contribution in [0.25, 0.3) is 0 Å². The van der Waals surface area contributed by atoms with E-state index in [2.05, 4.69) is 5.32 Å². The van der Waals surface area contributed by atoms with Crippen molar-refractivity contribution < 1.29 is 23.8 Å². The first kappa shape index (κ1) is 25.3. The Morgan fingerprint density at radius 3 is 2.28 bits per heavy atom. The van der Waals surface area contributed by atoms with Gasteiger partial charge in [-0.3, -0.25) is 9.59 Å². The number of rotatable bonds is 12. The number of amides is 2. The number of hydrogen-bond acceptors (Lipinski definition) is 5. The minimum Gasteiger partial charge on any atom is -0.496 e. The minimum absolute atomic E-state index is 0.186. The Labute approximate surface area is 194 Å². The molecule has 2 aromatic carbocycles. The Bertz CT molecular complexity index is 883. The molecule has 7 nitrogen and oxygen atoms in total. The van der Waals surface area contributed by atoms with E-state index >= 15 is 0 Å². The SMILES string of the molecule is CCCCNC(=O)[C@H](C)N(Cc1ccccc1Cl)C(=O)COc1cc(OC)cc(OC)c1. The lowest BCUT2D eigenvalue weighted by atomic mass is 10.1. The van der Waals surface area contributed by atoms with Crippen LogP contribution >= 0.6 is 11.6 Å². The van der Waals surface area contributed by atoms with Crippen molar-refractivity contribution in [3.8, 4) is 17.2 Å². The summed E-state index contributed by atoms with van der Waals surface area (Å²) in [6, 6.07) is 11.6. The Kier molecular flexibility index (Phi) is 10.1. The smallest absolute Gasteiger partial charge is 0.261 e. The number of methoxy groups -OCH3 is 2. The van der Waals surface area contributed by atoms with Gasteiger partial charge in [-0.25, -0.2) is 0 Å². The van der Waals surface area contributed by atoms with Crippen LogP contribution < -0.4 is 19.5 Å². The third-order valence-corrected chi connectivity index (χ3v) is 5.35. The second kappa shape index (κ2) is 12.8. The number of nitrogens with one attached hydrogen (secondary N) is 1. The molecule has 0 spiro atoms. The van der Waals surface area contributed by atoms with Gasteiger partial charge in [0.1, 0.15) is 23.3 Å². The fraction of sp³-hybridized carbons (Fsp3) is 0.417. The van der Waals surface area contributed by atoms with Crippen molar-refractivity contribution in [2.75, 3.05) is 27.4 Å². The molecule has 0 saturated carbocycles. The summed E-state index contributed by atoms with van der Waals surface area (Å²) < 4.78 is 16.2. The van der Waals surface area contributed by atoms with E-state index in [1.807, 2.05) is 25.1 Å². The molecule has 32 heavy (non-hydrogen) atoms. The van der Waals surface area contributed by atoms with Gasteiger partial charge in [0.2, 0.25) is 5.91 Å². The van der Waals surface area contributed by atoms with E-state index in [0.717, 1.165) is 18.4 Å². The lowest BCUT2D eigenvalue weighted by Crippen LogP contribution is -2.49. The summed E-state index contributed by atoms with van der Waals surface area (Å²) in [5.74, 6) is 0.950. The van der Waals surface area contributed by atoms with E-state index in [4.69, 9.17) is 25.8 Å². The molecule has 0 bridgehead atoms. The van der Waals surface area contributed by atoms with Crippen LogP contribution in [0.3, 0.4) is 0 Å². The van der Waals surface area contributed by atoms with Crippen LogP contribution in [0.4, 0.5) is 0 Å². The van der Waals surface area contributed by atoms with Crippen molar-refractivity contribution in [3.05, 3.63) is 53.1 Å². The van der Waals surface area contributed by atoms with Crippen LogP contribution in [0.1, 0.15) is 32.3 Å². The average Bonchev–Trinajstić information content (AvgIpc) is 2.81. The van der Waals surface area contributed by atoms with E-state index in [1.54, 1.807) is 31.2 Å². The quantitative estimate of drug-likeness (QED) is 0.481. The second-order valence-corrected chi connectivity index (χ2v) is 7.68. The fourth-order valence-electron chi connectivity index (χ4n) is 3.02. The fourth-order valence-corrected chi connectivity index (χ4v) is 3.22. The molecule has 0 unspecified atom stereocenters. The normalized spacial score (nSPS) is 11.4. The van der Waals surface area contributed by atoms with Crippen molar-refractivity contribution in [1.29, 1.82) is 0 Å². The zero-order valence-corrected chi connectivity index (χ0v) is 19.8. The molecule has 0 aliphatic heterocycles. The van der Waals surface area contributed by atoms with Crippen LogP contribution in [0.5, 0.6) is 17.2 Å². The molecule has 0 saturated heterocycles. The van der Waals surface area contributed by atoms with Crippen LogP contribution in [-0.2, 0) is 16.1 Å². The molecule has 0 aromatic heterocycles. The van der Waals surface area contributed by atoms with Crippen LogP contribution in [0.2, 0.25) is 5.02 Å². The highest BCUT2D eigenvalue weighted by Gasteiger charge is 2.27. The summed E-state index contributed by atoms with van der Waals surface area (Å²) in [7, 11) is 3.07. The van der Waals surface area contributed by atoms with Crippen LogP contribution in [0.15, 0.2) is 42.5 Å². The summed E-state index contributed by atoms with van der Waals surface area (Å²) in [4.78, 5) is 27.3. The van der Waals surface area contributed by atoms with E-state index in [-0.39, 0.29) is 25.0 Å². The number of carbonyl (C=O) groups excluding carboxylic acids is 2. The monoisotopic (exact) mass is 462 g/mol. The maximum absolute atomic E-state index is 13.1. The van der Waals surface area contributed by atoms with Gasteiger partial charge in [-0.2, -0.15) is 0 Å². The van der Waals surface area contributed by atoms with Crippen LogP contribution in [-0.4, -0.2) is 50.1 Å². The zero-order valence-electron chi connectivity index (χ0n) is 19.0. The number of benzene rings is 2. The molecule has 0 aliphatic carbocycles. The predicted molar refractivity (Wildman–Crippen MR) is 124 cm³/mol. The van der Waals surface area contributed by atoms with Gasteiger partial charge in [-0.05, 0) is 25.0 Å². The van der Waals surface area contributed by atoms with Gasteiger partial charge in [-0.1, -0.05) is 43.1 Å². The van der Waals surface area contributed by atoms with E-state index in [9.17, 15) is 9.59 Å². The molecule has 2 amide bonds. The third-order valence-electron chi connectivity index (χ3n) is 4.98. The third kappa shape index (κ3) is 7.34. The molecule has 0 radical (unpaired) electrons. The van der Waals surface area contributed by atoms with E-state index in [1.165, 1.54) is 19.1 Å². The first-order valence-electron chi connectivity index (χ1n) is 10.6. The molecule has 1 atom stereocenters. The Hall–Kier alpha value is -2.93. The van der Waals surface area contributed by atoms with Crippen molar-refractivity contribution in [1.82, 2.24) is 10.2 Å². The number of ether oxygens (including phenoxy) is 3. The van der Waals surface area contributed by atoms with Crippen molar-refractivity contribution in [2.45, 2.75) is 39.3 Å². The minimum atomic E-state index is -0.695. The molecule has 174 valence electrons. The maximum Gasteiger partial charge on any atom is 0.261 e. The number of nitrogens with zero attached hydrogens (tertiary/aromatic N) is 1. The van der Waals surface area contributed by atoms with Gasteiger partial charge in [0.15, 0.2) is 6.61 Å². The predicted octanol–water partition coefficient (Wildman–Crippen LogP) is 4.07. The summed E-state index contributed by atoms with van der Waals surface area (Å²) in [5, 5.41) is 3.41. The van der Waals surface area contributed by atoms with Gasteiger partial charge in [0, 0.05) is 36.3 Å². The molecule has 1 N–H and O–H groups in total. The number of unbranched alkanes of at least 4 members (excludes halogenated alkanes) is 1. The Balaban J connectivity index is 2.17. The zero-order chi connectivity index (χ0) is 23.5. The Morgan fingerprint density at radius 2 is 1.69 bits per heavy atom. The molecule has 0 heterocycles. The Morgan fingerprint density at radius 1 is 1.06 bits per heavy atom. The van der Waals surface area contributed by atoms with Gasteiger partial charge in [0.25, 0.3) is 5.91 Å². The maximum atomic E-state index is 13.1. The standard InChI is InChI=1S/C24H31ClN2O5/c1-5-6-11-26-24(29)17(2)27(15-18-9-7-8-10-22(18)25)23(28)16-32-21-13-19(30-3)12-20(14-21)31-4/h7-10,12-14,17H,5-6,11,15-16H2,1-4H3,(H,26,29)/t17-/m0/s1. The highest BCUT2D eigenvalue weighted by atomic mass is 35.5. The molecule has 8 heteroatoms. The van der Waals surface area contributed by atoms with E-state index < -0.39 is 6.04 Å². The molecular weight excluding hydrogens is 432 g/mol. The van der Waals surface area contributed by atoms with Gasteiger partial charge >= 0.3 is 0 Å². The molecule has 2 aromatic rings. The summed E-state index contributed by atoms with van der Waals surface area (Å²) in [6.45, 7) is 4.24. The van der Waals surface area contributed by atoms with Crippen molar-refractivity contribution >= 4 is 23.4 Å². The highest BCUT2D eigenvalue weighted by Crippen LogP contribution is 2.27. The van der Waals surface area contributed by atoms with Crippen molar-refractivity contribution in [3.63, 3.8) is 0 Å². The molecule has 0 aliphatic rings. The first-order valence-corrected chi connectivity index (χ1v) is 10.9. The number of hydrogen-bond donors (Lipinski definition) is 1. The average molecular weight is 463 g/mol. The summed E-state index contributed by atoms with van der Waals surface area (Å²) >= 11 is 6.30. The highest BCUT2D eigenvalue weighted by molar-refractivity contribution is 6.31. The van der Waals surface area contributed by atoms with Gasteiger partial charge < -0.3 is 24.4 Å². The lowest BCUT2D eigenvalue weighted by molar-refractivity contribution is -0.142. The molecule has 2 rings (SSSR count). The van der Waals surface area contributed by atoms with Crippen LogP contribution in [0, 0.1) is 0 Å². The first-order chi connectivity index (χ1) is 15.4. The van der Waals surface area contributed by atoms with Gasteiger partial charge in [-0.15, -0.1) is 0 Å². The molecule has 0 fully saturated rings. The lowest BCUT2D eigenvalue weighted by Gasteiger charge is -2.29. The van der Waals surface area contributed by atoms with Crippen molar-refractivity contribution in [2.24, 2.45) is 0 Å². The molecular formula is C24H31ClN2O5. The largest absolute Gasteiger partial charge is 0.496 e. The number of halogens is 1. The topological polar surface area (TPSA) is 77.1 Å². The van der Waals surface area contributed by atoms with E-state index in [0.29, 0.717) is 28.8 Å². The number of carbonyl (C=O) groups is 2. The second-order valence-electron chi connectivity index (χ2n) is 7.27. The van der Waals surface area contributed by atoms with Gasteiger partial charge in [0.05, 0.1) is 14.2 Å².